The predicted molar refractivity (Wildman–Crippen MR) is 52.5 cm³/mol. The van der Waals surface area contributed by atoms with Gasteiger partial charge in [0.05, 0.1) is 0 Å². The Labute approximate surface area is 84.6 Å². The number of ether oxygens (including phenoxy) is 1. The fraction of sp³-hybridized carbons (Fsp3) is 0.900. The first-order chi connectivity index (χ1) is 6.86. The lowest BCUT2D eigenvalue weighted by Crippen LogP contribution is -2.48. The van der Waals surface area contributed by atoms with Crippen molar-refractivity contribution in [2.45, 2.75) is 38.2 Å². The zero-order chi connectivity index (χ0) is 9.80. The molecule has 80 valence electrons. The summed E-state index contributed by atoms with van der Waals surface area (Å²) in [5, 5.41) is 2.02. The molecule has 1 atom stereocenters. The molecule has 0 aromatic heterocycles. The number of nitrogens with one attached hydrogen (secondary N) is 1. The Morgan fingerprint density at radius 1 is 1.21 bits per heavy atom. The molecule has 2 rings (SSSR count). The number of rotatable bonds is 2. The largest absolute Gasteiger partial charge is 0.368 e. The number of amides is 1. The molecule has 1 N–H and O–H groups in total. The molecule has 4 heteroatoms. The quantitative estimate of drug-likeness (QED) is 0.709. The maximum Gasteiger partial charge on any atom is 0.263 e. The van der Waals surface area contributed by atoms with Gasteiger partial charge in [-0.1, -0.05) is 6.42 Å². The Morgan fingerprint density at radius 2 is 2.00 bits per heavy atom. The molecule has 4 nitrogen and oxygen atoms in total. The van der Waals surface area contributed by atoms with E-state index in [2.05, 4.69) is 5.43 Å². The molecule has 2 aliphatic heterocycles. The lowest BCUT2D eigenvalue weighted by atomic mass is 10.2. The molecule has 0 bridgehead atoms. The van der Waals surface area contributed by atoms with Gasteiger partial charge in [0.1, 0.15) is 6.10 Å². The zero-order valence-electron chi connectivity index (χ0n) is 8.50. The maximum atomic E-state index is 11.6. The molecular weight excluding hydrogens is 180 g/mol. The van der Waals surface area contributed by atoms with Crippen LogP contribution in [0.1, 0.15) is 32.1 Å². The summed E-state index contributed by atoms with van der Waals surface area (Å²) in [5.74, 6) is 0.0457. The molecule has 0 radical (unpaired) electrons. The minimum absolute atomic E-state index is 0.0457. The second-order valence-electron chi connectivity index (χ2n) is 4.03. The Kier molecular flexibility index (Phi) is 3.37. The summed E-state index contributed by atoms with van der Waals surface area (Å²) in [5.41, 5.74) is 2.93. The topological polar surface area (TPSA) is 41.6 Å². The van der Waals surface area contributed by atoms with Gasteiger partial charge >= 0.3 is 0 Å². The Hall–Kier alpha value is -0.610. The van der Waals surface area contributed by atoms with Crippen LogP contribution in [-0.4, -0.2) is 36.7 Å². The molecule has 0 aliphatic carbocycles. The third-order valence-corrected chi connectivity index (χ3v) is 2.85. The van der Waals surface area contributed by atoms with E-state index in [1.165, 1.54) is 19.3 Å². The van der Waals surface area contributed by atoms with Crippen molar-refractivity contribution >= 4 is 5.91 Å². The number of hydrogen-bond donors (Lipinski definition) is 1. The lowest BCUT2D eigenvalue weighted by molar-refractivity contribution is -0.135. The first kappa shape index (κ1) is 9.93. The number of piperidine rings is 1. The van der Waals surface area contributed by atoms with Crippen molar-refractivity contribution in [3.8, 4) is 0 Å². The van der Waals surface area contributed by atoms with Crippen molar-refractivity contribution in [3.05, 3.63) is 0 Å². The van der Waals surface area contributed by atoms with Crippen LogP contribution in [0.2, 0.25) is 0 Å². The van der Waals surface area contributed by atoms with Crippen LogP contribution in [0.25, 0.3) is 0 Å². The van der Waals surface area contributed by atoms with Crippen molar-refractivity contribution < 1.29 is 9.53 Å². The molecule has 2 fully saturated rings. The highest BCUT2D eigenvalue weighted by Crippen LogP contribution is 2.13. The summed E-state index contributed by atoms with van der Waals surface area (Å²) in [4.78, 5) is 11.6. The van der Waals surface area contributed by atoms with Gasteiger partial charge in [0.25, 0.3) is 5.91 Å². The summed E-state index contributed by atoms with van der Waals surface area (Å²) in [6, 6.07) is 0. The van der Waals surface area contributed by atoms with E-state index in [1.54, 1.807) is 0 Å². The molecule has 1 unspecified atom stereocenters. The Morgan fingerprint density at radius 3 is 2.64 bits per heavy atom. The van der Waals surface area contributed by atoms with Crippen LogP contribution < -0.4 is 5.43 Å². The van der Waals surface area contributed by atoms with Crippen molar-refractivity contribution in [2.75, 3.05) is 19.7 Å². The normalized spacial score (nSPS) is 29.0. The summed E-state index contributed by atoms with van der Waals surface area (Å²) in [6.07, 6.45) is 5.35. The van der Waals surface area contributed by atoms with Crippen molar-refractivity contribution in [3.63, 3.8) is 0 Å². The van der Waals surface area contributed by atoms with Crippen LogP contribution in [0.5, 0.6) is 0 Å². The van der Waals surface area contributed by atoms with E-state index in [-0.39, 0.29) is 12.0 Å². The third-order valence-electron chi connectivity index (χ3n) is 2.85. The molecular formula is C10H18N2O2. The first-order valence-electron chi connectivity index (χ1n) is 5.53. The minimum Gasteiger partial charge on any atom is -0.368 e. The van der Waals surface area contributed by atoms with E-state index >= 15 is 0 Å². The molecule has 2 saturated heterocycles. The van der Waals surface area contributed by atoms with Crippen LogP contribution in [0.15, 0.2) is 0 Å². The van der Waals surface area contributed by atoms with Gasteiger partial charge < -0.3 is 4.74 Å². The predicted octanol–water partition coefficient (Wildman–Crippen LogP) is 0.682. The van der Waals surface area contributed by atoms with E-state index in [4.69, 9.17) is 4.74 Å². The van der Waals surface area contributed by atoms with E-state index < -0.39 is 0 Å². The van der Waals surface area contributed by atoms with Crippen LogP contribution in [-0.2, 0) is 9.53 Å². The van der Waals surface area contributed by atoms with E-state index in [0.29, 0.717) is 0 Å². The van der Waals surface area contributed by atoms with Gasteiger partial charge in [-0.2, -0.15) is 0 Å². The summed E-state index contributed by atoms with van der Waals surface area (Å²) in [7, 11) is 0. The number of carbonyl (C=O) groups excluding carboxylic acids is 1. The number of nitrogens with zero attached hydrogens (tertiary/aromatic N) is 1. The van der Waals surface area contributed by atoms with E-state index in [1.807, 2.05) is 5.01 Å². The molecule has 0 aromatic rings. The fourth-order valence-electron chi connectivity index (χ4n) is 2.02. The van der Waals surface area contributed by atoms with E-state index in [9.17, 15) is 4.79 Å². The Bertz CT molecular complexity index is 196. The van der Waals surface area contributed by atoms with Gasteiger partial charge in [0, 0.05) is 19.7 Å². The second-order valence-corrected chi connectivity index (χ2v) is 4.03. The van der Waals surface area contributed by atoms with E-state index in [0.717, 1.165) is 32.5 Å². The summed E-state index contributed by atoms with van der Waals surface area (Å²) in [6.45, 7) is 2.70. The fourth-order valence-corrected chi connectivity index (χ4v) is 2.02. The SMILES string of the molecule is O=C(NN1CCCCC1)C1CCCO1. The highest BCUT2D eigenvalue weighted by Gasteiger charge is 2.25. The van der Waals surface area contributed by atoms with Gasteiger partial charge in [-0.15, -0.1) is 0 Å². The van der Waals surface area contributed by atoms with Crippen LogP contribution in [0, 0.1) is 0 Å². The average molecular weight is 198 g/mol. The lowest BCUT2D eigenvalue weighted by Gasteiger charge is -2.27. The Balaban J connectivity index is 1.75. The summed E-state index contributed by atoms with van der Waals surface area (Å²) >= 11 is 0. The molecule has 0 aromatic carbocycles. The standard InChI is InChI=1S/C10H18N2O2/c13-10(9-5-4-8-14-9)11-12-6-2-1-3-7-12/h9H,1-8H2,(H,11,13). The highest BCUT2D eigenvalue weighted by molar-refractivity contribution is 5.80. The van der Waals surface area contributed by atoms with Crippen LogP contribution in [0.3, 0.4) is 0 Å². The molecule has 0 spiro atoms. The monoisotopic (exact) mass is 198 g/mol. The zero-order valence-corrected chi connectivity index (χ0v) is 8.50. The third kappa shape index (κ3) is 2.45. The molecule has 1 amide bonds. The molecule has 0 saturated carbocycles. The van der Waals surface area contributed by atoms with Crippen molar-refractivity contribution in [2.24, 2.45) is 0 Å². The van der Waals surface area contributed by atoms with Crippen molar-refractivity contribution in [1.29, 1.82) is 0 Å². The van der Waals surface area contributed by atoms with Crippen molar-refractivity contribution in [1.82, 2.24) is 10.4 Å². The first-order valence-corrected chi connectivity index (χ1v) is 5.53. The number of carbonyl (C=O) groups is 1. The second kappa shape index (κ2) is 4.75. The summed E-state index contributed by atoms with van der Waals surface area (Å²) < 4.78 is 5.32. The molecule has 2 aliphatic rings. The number of hydrazine groups is 1. The molecule has 14 heavy (non-hydrogen) atoms. The molecule has 2 heterocycles. The average Bonchev–Trinajstić information content (AvgIpc) is 2.72. The van der Waals surface area contributed by atoms with Gasteiger partial charge in [0.15, 0.2) is 0 Å². The smallest absolute Gasteiger partial charge is 0.263 e. The van der Waals surface area contributed by atoms with Crippen LogP contribution >= 0.6 is 0 Å². The number of hydrogen-bond acceptors (Lipinski definition) is 3. The van der Waals surface area contributed by atoms with Gasteiger partial charge in [0.2, 0.25) is 0 Å². The minimum atomic E-state index is -0.197. The van der Waals surface area contributed by atoms with Crippen LogP contribution in [0.4, 0.5) is 0 Å². The van der Waals surface area contributed by atoms with Gasteiger partial charge in [-0.05, 0) is 25.7 Å². The highest BCUT2D eigenvalue weighted by atomic mass is 16.5. The van der Waals surface area contributed by atoms with Gasteiger partial charge in [-0.3, -0.25) is 10.2 Å². The van der Waals surface area contributed by atoms with Gasteiger partial charge in [-0.25, -0.2) is 5.01 Å². The maximum absolute atomic E-state index is 11.6.